The van der Waals surface area contributed by atoms with E-state index in [2.05, 4.69) is 10.6 Å². The molecule has 0 saturated carbocycles. The van der Waals surface area contributed by atoms with E-state index in [1.165, 1.54) is 0 Å². The van der Waals surface area contributed by atoms with Crippen LogP contribution in [0.4, 0.5) is 0 Å². The lowest BCUT2D eigenvalue weighted by atomic mass is 9.99. The molecule has 0 unspecified atom stereocenters. The number of aliphatic carboxylic acids is 2. The van der Waals surface area contributed by atoms with Crippen LogP contribution in [0.15, 0.2) is 0 Å². The minimum atomic E-state index is -1.19. The molecule has 0 spiro atoms. The predicted molar refractivity (Wildman–Crippen MR) is 91.1 cm³/mol. The van der Waals surface area contributed by atoms with Gasteiger partial charge in [0.05, 0.1) is 12.1 Å². The monoisotopic (exact) mass is 373 g/mol. The van der Waals surface area contributed by atoms with Crippen LogP contribution in [0.3, 0.4) is 0 Å². The first-order chi connectivity index (χ1) is 12.1. The zero-order valence-electron chi connectivity index (χ0n) is 14.9. The molecule has 4 atom stereocenters. The third-order valence-electron chi connectivity index (χ3n) is 4.00. The van der Waals surface area contributed by atoms with Crippen LogP contribution >= 0.6 is 0 Å². The fourth-order valence-electron chi connectivity index (χ4n) is 2.05. The molecule has 0 rings (SSSR count). The summed E-state index contributed by atoms with van der Waals surface area (Å²) in [5, 5.41) is 22.2. The van der Waals surface area contributed by atoms with E-state index in [0.29, 0.717) is 12.7 Å². The zero-order chi connectivity index (χ0) is 20.3. The first-order valence-electron chi connectivity index (χ1n) is 8.37. The first-order valence-corrected chi connectivity index (χ1v) is 8.37. The maximum atomic E-state index is 12.4. The maximum Gasteiger partial charge on any atom is 0.303 e. The van der Waals surface area contributed by atoms with Crippen molar-refractivity contribution in [1.82, 2.24) is 10.6 Å². The highest BCUT2D eigenvalue weighted by Gasteiger charge is 2.27. The van der Waals surface area contributed by atoms with Gasteiger partial charge in [-0.25, -0.2) is 0 Å². The van der Waals surface area contributed by atoms with Gasteiger partial charge < -0.3 is 31.4 Å². The molecule has 0 bridgehead atoms. The third kappa shape index (κ3) is 9.11. The van der Waals surface area contributed by atoms with Gasteiger partial charge in [-0.1, -0.05) is 20.3 Å². The van der Waals surface area contributed by atoms with Gasteiger partial charge in [0.2, 0.25) is 11.8 Å². The predicted octanol–water partition coefficient (Wildman–Crippen LogP) is -0.742. The number of nitrogens with one attached hydrogen (secondary N) is 2. The molecule has 0 aliphatic carbocycles. The van der Waals surface area contributed by atoms with Crippen molar-refractivity contribution in [3.63, 3.8) is 0 Å². The highest BCUT2D eigenvalue weighted by atomic mass is 16.4. The summed E-state index contributed by atoms with van der Waals surface area (Å²) in [4.78, 5) is 56.8. The van der Waals surface area contributed by atoms with Gasteiger partial charge in [-0.2, -0.15) is 0 Å². The van der Waals surface area contributed by atoms with Crippen molar-refractivity contribution in [2.75, 3.05) is 0 Å². The summed E-state index contributed by atoms with van der Waals surface area (Å²) >= 11 is 0. The van der Waals surface area contributed by atoms with Crippen LogP contribution in [0.2, 0.25) is 0 Å². The Bertz CT molecular complexity index is 524. The molecule has 0 fully saturated rings. The Morgan fingerprint density at radius 2 is 1.54 bits per heavy atom. The molecule has 0 heterocycles. The number of carboxylic acids is 2. The SMILES string of the molecule is CC[C@H](C)[C@@H](C=O)NC(=O)[C@H](CCC(=O)O)NC(=O)[C@@H](N)CCC(=O)O. The minimum Gasteiger partial charge on any atom is -0.481 e. The maximum absolute atomic E-state index is 12.4. The van der Waals surface area contributed by atoms with Crippen LogP contribution in [0.5, 0.6) is 0 Å². The lowest BCUT2D eigenvalue weighted by molar-refractivity contribution is -0.139. The number of hydrogen-bond donors (Lipinski definition) is 5. The standard InChI is InChI=1S/C16H27N3O7/c1-3-9(2)12(8-20)19-16(26)11(5-7-14(23)24)18-15(25)10(17)4-6-13(21)22/h8-12H,3-7,17H2,1-2H3,(H,18,25)(H,19,26)(H,21,22)(H,23,24)/t9-,10-,11-,12+/m0/s1. The van der Waals surface area contributed by atoms with Crippen LogP contribution in [-0.2, 0) is 24.0 Å². The number of carboxylic acid groups (broad SMARTS) is 2. The van der Waals surface area contributed by atoms with Crippen molar-refractivity contribution in [1.29, 1.82) is 0 Å². The van der Waals surface area contributed by atoms with Crippen molar-refractivity contribution >= 4 is 30.0 Å². The molecule has 10 nitrogen and oxygen atoms in total. The number of amides is 2. The fourth-order valence-corrected chi connectivity index (χ4v) is 2.05. The second-order valence-electron chi connectivity index (χ2n) is 6.09. The van der Waals surface area contributed by atoms with Gasteiger partial charge in [0.25, 0.3) is 0 Å². The molecular weight excluding hydrogens is 346 g/mol. The van der Waals surface area contributed by atoms with Crippen molar-refractivity contribution in [3.05, 3.63) is 0 Å². The summed E-state index contributed by atoms with van der Waals surface area (Å²) in [7, 11) is 0. The van der Waals surface area contributed by atoms with E-state index in [0.717, 1.165) is 0 Å². The quantitative estimate of drug-likeness (QED) is 0.262. The molecule has 0 aromatic carbocycles. The normalized spacial score (nSPS) is 15.2. The molecule has 0 aromatic heterocycles. The number of rotatable bonds is 13. The van der Waals surface area contributed by atoms with Gasteiger partial charge in [0, 0.05) is 12.8 Å². The molecule has 2 amide bonds. The first kappa shape index (κ1) is 23.5. The largest absolute Gasteiger partial charge is 0.481 e. The highest BCUT2D eigenvalue weighted by molar-refractivity contribution is 5.91. The smallest absolute Gasteiger partial charge is 0.303 e. The molecule has 148 valence electrons. The van der Waals surface area contributed by atoms with E-state index in [1.54, 1.807) is 6.92 Å². The van der Waals surface area contributed by atoms with E-state index >= 15 is 0 Å². The summed E-state index contributed by atoms with van der Waals surface area (Å²) in [6.45, 7) is 3.62. The Balaban J connectivity index is 4.99. The molecular formula is C16H27N3O7. The summed E-state index contributed by atoms with van der Waals surface area (Å²) in [6.07, 6.45) is 0.208. The van der Waals surface area contributed by atoms with Gasteiger partial charge >= 0.3 is 11.9 Å². The topological polar surface area (TPSA) is 176 Å². The van der Waals surface area contributed by atoms with E-state index in [1.807, 2.05) is 6.92 Å². The van der Waals surface area contributed by atoms with Crippen molar-refractivity contribution in [2.24, 2.45) is 11.7 Å². The lowest BCUT2D eigenvalue weighted by Gasteiger charge is -2.24. The molecule has 0 aromatic rings. The number of carbonyl (C=O) groups is 5. The van der Waals surface area contributed by atoms with E-state index in [9.17, 15) is 24.0 Å². The molecule has 0 radical (unpaired) electrons. The fraction of sp³-hybridized carbons (Fsp3) is 0.688. The Morgan fingerprint density at radius 3 is 2.00 bits per heavy atom. The summed E-state index contributed by atoms with van der Waals surface area (Å²) in [5.41, 5.74) is 5.59. The summed E-state index contributed by atoms with van der Waals surface area (Å²) in [6, 6.07) is -3.11. The summed E-state index contributed by atoms with van der Waals surface area (Å²) in [5.74, 6) is -3.85. The van der Waals surface area contributed by atoms with Crippen molar-refractivity contribution in [3.8, 4) is 0 Å². The lowest BCUT2D eigenvalue weighted by Crippen LogP contribution is -2.54. The number of carbonyl (C=O) groups excluding carboxylic acids is 3. The van der Waals surface area contributed by atoms with Crippen molar-refractivity contribution < 1.29 is 34.2 Å². The molecule has 10 heteroatoms. The second kappa shape index (κ2) is 12.0. The van der Waals surface area contributed by atoms with E-state index < -0.39 is 41.9 Å². The van der Waals surface area contributed by atoms with E-state index in [4.69, 9.17) is 15.9 Å². The number of aldehydes is 1. The van der Waals surface area contributed by atoms with Crippen LogP contribution in [0.1, 0.15) is 46.0 Å². The van der Waals surface area contributed by atoms with Crippen LogP contribution in [0, 0.1) is 5.92 Å². The summed E-state index contributed by atoms with van der Waals surface area (Å²) < 4.78 is 0. The number of hydrogen-bond acceptors (Lipinski definition) is 6. The molecule has 0 aliphatic rings. The Kier molecular flexibility index (Phi) is 10.8. The van der Waals surface area contributed by atoms with Crippen LogP contribution in [-0.4, -0.2) is 58.4 Å². The average molecular weight is 373 g/mol. The highest BCUT2D eigenvalue weighted by Crippen LogP contribution is 2.07. The van der Waals surface area contributed by atoms with Gasteiger partial charge in [-0.3, -0.25) is 19.2 Å². The van der Waals surface area contributed by atoms with Crippen molar-refractivity contribution in [2.45, 2.75) is 64.1 Å². The second-order valence-corrected chi connectivity index (χ2v) is 6.09. The zero-order valence-corrected chi connectivity index (χ0v) is 14.9. The minimum absolute atomic E-state index is 0.127. The van der Waals surface area contributed by atoms with Gasteiger partial charge in [0.15, 0.2) is 0 Å². The molecule has 0 saturated heterocycles. The van der Waals surface area contributed by atoms with Crippen LogP contribution < -0.4 is 16.4 Å². The molecule has 0 aliphatic heterocycles. The molecule has 26 heavy (non-hydrogen) atoms. The van der Waals surface area contributed by atoms with Gasteiger partial charge in [-0.15, -0.1) is 0 Å². The Hall–Kier alpha value is -2.49. The Morgan fingerprint density at radius 1 is 1.00 bits per heavy atom. The molecule has 6 N–H and O–H groups in total. The Labute approximate surface area is 151 Å². The van der Waals surface area contributed by atoms with Gasteiger partial charge in [-0.05, 0) is 18.8 Å². The third-order valence-corrected chi connectivity index (χ3v) is 4.00. The average Bonchev–Trinajstić information content (AvgIpc) is 2.59. The van der Waals surface area contributed by atoms with E-state index in [-0.39, 0.29) is 31.6 Å². The van der Waals surface area contributed by atoms with Crippen LogP contribution in [0.25, 0.3) is 0 Å². The number of nitrogens with two attached hydrogens (primary N) is 1. The van der Waals surface area contributed by atoms with Gasteiger partial charge in [0.1, 0.15) is 12.3 Å².